The third-order valence-corrected chi connectivity index (χ3v) is 6.46. The van der Waals surface area contributed by atoms with Crippen LogP contribution in [0.4, 0.5) is 0 Å². The largest absolute Gasteiger partial charge is 0.449 e. The summed E-state index contributed by atoms with van der Waals surface area (Å²) in [5.41, 5.74) is 4.39. The Kier molecular flexibility index (Phi) is 5.34. The van der Waals surface area contributed by atoms with E-state index >= 15 is 0 Å². The summed E-state index contributed by atoms with van der Waals surface area (Å²) < 4.78 is 7.43. The van der Waals surface area contributed by atoms with Gasteiger partial charge in [0.15, 0.2) is 6.10 Å². The zero-order chi connectivity index (χ0) is 24.6. The predicted octanol–water partition coefficient (Wildman–Crippen LogP) is 6.61. The first-order chi connectivity index (χ1) is 17.6. The summed E-state index contributed by atoms with van der Waals surface area (Å²) in [7, 11) is 0. The van der Waals surface area contributed by atoms with E-state index in [2.05, 4.69) is 9.97 Å². The number of rotatable bonds is 5. The molecule has 1 N–H and O–H groups in total. The van der Waals surface area contributed by atoms with E-state index in [9.17, 15) is 9.59 Å². The van der Waals surface area contributed by atoms with E-state index in [1.807, 2.05) is 85.8 Å². The number of para-hydroxylation sites is 2. The molecule has 2 heterocycles. The minimum atomic E-state index is -0.922. The number of nitrogens with zero attached hydrogens (tertiary/aromatic N) is 2. The molecule has 0 bridgehead atoms. The lowest BCUT2D eigenvalue weighted by atomic mass is 10.2. The van der Waals surface area contributed by atoms with Crippen LogP contribution >= 0.6 is 0 Å². The van der Waals surface area contributed by atoms with Crippen LogP contribution in [0.1, 0.15) is 28.5 Å². The fourth-order valence-electron chi connectivity index (χ4n) is 4.68. The second-order valence-electron chi connectivity index (χ2n) is 8.69. The molecule has 0 aliphatic rings. The number of aromatic nitrogens is 3. The quantitative estimate of drug-likeness (QED) is 0.286. The standard InChI is InChI=1S/C30H23N3O3/c1-2-27(29(34)33-25-14-8-6-12-21(25)22-13-7-9-15-26(22)33)36-30(35)20-16-17-23-24(18-20)32-28(31-23)19-10-4-3-5-11-19/h3-18,27H,2H2,1H3,(H,31,32). The van der Waals surface area contributed by atoms with Gasteiger partial charge < -0.3 is 9.72 Å². The lowest BCUT2D eigenvalue weighted by Gasteiger charge is -2.17. The molecular formula is C30H23N3O3. The Balaban J connectivity index is 1.31. The number of carbonyl (C=O) groups excluding carboxylic acids is 2. The van der Waals surface area contributed by atoms with Crippen LogP contribution in [0.2, 0.25) is 0 Å². The topological polar surface area (TPSA) is 77.0 Å². The highest BCUT2D eigenvalue weighted by molar-refractivity contribution is 6.14. The summed E-state index contributed by atoms with van der Waals surface area (Å²) in [5, 5.41) is 1.98. The van der Waals surface area contributed by atoms with Crippen molar-refractivity contribution in [1.82, 2.24) is 14.5 Å². The molecule has 1 unspecified atom stereocenters. The van der Waals surface area contributed by atoms with Crippen LogP contribution in [-0.4, -0.2) is 32.5 Å². The van der Waals surface area contributed by atoms with Crippen molar-refractivity contribution in [3.63, 3.8) is 0 Å². The van der Waals surface area contributed by atoms with Gasteiger partial charge in [-0.2, -0.15) is 0 Å². The molecule has 0 aliphatic carbocycles. The zero-order valence-corrected chi connectivity index (χ0v) is 19.6. The van der Waals surface area contributed by atoms with Crippen LogP contribution < -0.4 is 0 Å². The van der Waals surface area contributed by atoms with Gasteiger partial charge in [0.25, 0.3) is 5.91 Å². The number of fused-ring (bicyclic) bond motifs is 4. The summed E-state index contributed by atoms with van der Waals surface area (Å²) >= 11 is 0. The van der Waals surface area contributed by atoms with Crippen LogP contribution in [0.5, 0.6) is 0 Å². The summed E-state index contributed by atoms with van der Waals surface area (Å²) in [6, 6.07) is 30.5. The first kappa shape index (κ1) is 21.8. The SMILES string of the molecule is CCC(OC(=O)c1ccc2nc(-c3ccccc3)[nH]c2c1)C(=O)n1c2ccccc2c2ccccc21. The highest BCUT2D eigenvalue weighted by atomic mass is 16.5. The maximum atomic E-state index is 13.7. The van der Waals surface area contributed by atoms with Gasteiger partial charge in [-0.25, -0.2) is 9.78 Å². The number of aromatic amines is 1. The van der Waals surface area contributed by atoms with Crippen LogP contribution in [0.15, 0.2) is 97.1 Å². The maximum absolute atomic E-state index is 13.7. The molecule has 6 aromatic rings. The highest BCUT2D eigenvalue weighted by Gasteiger charge is 2.26. The van der Waals surface area contributed by atoms with Gasteiger partial charge in [-0.15, -0.1) is 0 Å². The molecule has 0 aliphatic heterocycles. The number of carbonyl (C=O) groups is 2. The molecule has 6 nitrogen and oxygen atoms in total. The maximum Gasteiger partial charge on any atom is 0.338 e. The summed E-state index contributed by atoms with van der Waals surface area (Å²) in [4.78, 5) is 34.7. The van der Waals surface area contributed by atoms with Gasteiger partial charge in [0.2, 0.25) is 0 Å². The number of benzene rings is 4. The minimum absolute atomic E-state index is 0.266. The Morgan fingerprint density at radius 1 is 0.861 bits per heavy atom. The summed E-state index contributed by atoms with van der Waals surface area (Å²) in [6.45, 7) is 1.84. The van der Waals surface area contributed by atoms with Crippen molar-refractivity contribution >= 4 is 44.7 Å². The van der Waals surface area contributed by atoms with Crippen LogP contribution in [-0.2, 0) is 4.74 Å². The fraction of sp³-hybridized carbons (Fsp3) is 0.100. The molecule has 0 radical (unpaired) electrons. The molecule has 1 atom stereocenters. The Bertz CT molecular complexity index is 1690. The van der Waals surface area contributed by atoms with E-state index in [-0.39, 0.29) is 5.91 Å². The van der Waals surface area contributed by atoms with E-state index in [0.717, 1.165) is 44.2 Å². The van der Waals surface area contributed by atoms with Crippen molar-refractivity contribution in [1.29, 1.82) is 0 Å². The van der Waals surface area contributed by atoms with Gasteiger partial charge in [-0.3, -0.25) is 9.36 Å². The number of ether oxygens (including phenoxy) is 1. The van der Waals surface area contributed by atoms with Gasteiger partial charge in [0.05, 0.1) is 27.6 Å². The number of hydrogen-bond donors (Lipinski definition) is 1. The Hall–Kier alpha value is -4.71. The molecule has 176 valence electrons. The third-order valence-electron chi connectivity index (χ3n) is 6.46. The van der Waals surface area contributed by atoms with Crippen molar-refractivity contribution in [3.05, 3.63) is 103 Å². The van der Waals surface area contributed by atoms with Crippen molar-refractivity contribution < 1.29 is 14.3 Å². The van der Waals surface area contributed by atoms with Crippen LogP contribution in [0.25, 0.3) is 44.2 Å². The molecule has 0 saturated carbocycles. The molecular weight excluding hydrogens is 450 g/mol. The van der Waals surface area contributed by atoms with E-state index in [4.69, 9.17) is 4.74 Å². The number of hydrogen-bond acceptors (Lipinski definition) is 4. The van der Waals surface area contributed by atoms with Gasteiger partial charge in [0.1, 0.15) is 5.82 Å². The van der Waals surface area contributed by atoms with Crippen molar-refractivity contribution in [2.24, 2.45) is 0 Å². The Labute approximate surface area is 207 Å². The molecule has 6 heteroatoms. The molecule has 0 saturated heterocycles. The number of esters is 1. The van der Waals surface area contributed by atoms with E-state index in [1.165, 1.54) is 0 Å². The lowest BCUT2D eigenvalue weighted by Crippen LogP contribution is -2.31. The average Bonchev–Trinajstić information content (AvgIpc) is 3.51. The van der Waals surface area contributed by atoms with Gasteiger partial charge in [0, 0.05) is 16.3 Å². The number of imidazole rings is 1. The van der Waals surface area contributed by atoms with Gasteiger partial charge in [-0.05, 0) is 36.8 Å². The smallest absolute Gasteiger partial charge is 0.338 e. The van der Waals surface area contributed by atoms with Gasteiger partial charge in [-0.1, -0.05) is 73.7 Å². The first-order valence-corrected chi connectivity index (χ1v) is 11.9. The summed E-state index contributed by atoms with van der Waals surface area (Å²) in [6.07, 6.45) is -0.565. The molecule has 4 aromatic carbocycles. The average molecular weight is 474 g/mol. The number of H-pyrrole nitrogens is 1. The van der Waals surface area contributed by atoms with E-state index < -0.39 is 12.1 Å². The molecule has 0 spiro atoms. The monoisotopic (exact) mass is 473 g/mol. The molecule has 0 fully saturated rings. The van der Waals surface area contributed by atoms with E-state index in [0.29, 0.717) is 12.0 Å². The van der Waals surface area contributed by atoms with Gasteiger partial charge >= 0.3 is 5.97 Å². The van der Waals surface area contributed by atoms with E-state index in [1.54, 1.807) is 22.8 Å². The second-order valence-corrected chi connectivity index (χ2v) is 8.69. The van der Waals surface area contributed by atoms with Crippen LogP contribution in [0.3, 0.4) is 0 Å². The first-order valence-electron chi connectivity index (χ1n) is 11.9. The summed E-state index contributed by atoms with van der Waals surface area (Å²) in [5.74, 6) is -0.0879. The van der Waals surface area contributed by atoms with Crippen LogP contribution in [0, 0.1) is 0 Å². The molecule has 2 aromatic heterocycles. The minimum Gasteiger partial charge on any atom is -0.449 e. The Morgan fingerprint density at radius 2 is 1.50 bits per heavy atom. The predicted molar refractivity (Wildman–Crippen MR) is 141 cm³/mol. The van der Waals surface area contributed by atoms with Crippen molar-refractivity contribution in [2.45, 2.75) is 19.4 Å². The number of nitrogens with one attached hydrogen (secondary N) is 1. The third kappa shape index (κ3) is 3.64. The Morgan fingerprint density at radius 3 is 2.17 bits per heavy atom. The molecule has 36 heavy (non-hydrogen) atoms. The van der Waals surface area contributed by atoms with Crippen molar-refractivity contribution in [3.8, 4) is 11.4 Å². The zero-order valence-electron chi connectivity index (χ0n) is 19.6. The lowest BCUT2D eigenvalue weighted by molar-refractivity contribution is 0.0245. The van der Waals surface area contributed by atoms with Crippen molar-refractivity contribution in [2.75, 3.05) is 0 Å². The highest BCUT2D eigenvalue weighted by Crippen LogP contribution is 2.29. The molecule has 0 amide bonds. The fourth-order valence-corrected chi connectivity index (χ4v) is 4.68. The second kappa shape index (κ2) is 8.82. The normalized spacial score (nSPS) is 12.2. The molecule has 6 rings (SSSR count).